The monoisotopic (exact) mass is 223 g/mol. The third-order valence-electron chi connectivity index (χ3n) is 3.62. The zero-order valence-electron chi connectivity index (χ0n) is 11.2. The van der Waals surface area contributed by atoms with E-state index in [1.165, 1.54) is 19.6 Å². The van der Waals surface area contributed by atoms with Crippen molar-refractivity contribution in [1.29, 1.82) is 5.26 Å². The van der Waals surface area contributed by atoms with Crippen LogP contribution < -0.4 is 0 Å². The van der Waals surface area contributed by atoms with Gasteiger partial charge in [-0.25, -0.2) is 0 Å². The van der Waals surface area contributed by atoms with E-state index < -0.39 is 0 Å². The molecule has 0 spiro atoms. The predicted octanol–water partition coefficient (Wildman–Crippen LogP) is 1.95. The Morgan fingerprint density at radius 2 is 2.06 bits per heavy atom. The van der Waals surface area contributed by atoms with E-state index in [2.05, 4.69) is 29.8 Å². The van der Waals surface area contributed by atoms with Gasteiger partial charge in [-0.1, -0.05) is 0 Å². The van der Waals surface area contributed by atoms with Gasteiger partial charge in [0, 0.05) is 25.7 Å². The van der Waals surface area contributed by atoms with E-state index >= 15 is 0 Å². The van der Waals surface area contributed by atoms with Crippen LogP contribution >= 0.6 is 0 Å². The molecule has 0 radical (unpaired) electrons. The summed E-state index contributed by atoms with van der Waals surface area (Å²) in [4.78, 5) is 4.94. The Hall–Kier alpha value is -0.590. The van der Waals surface area contributed by atoms with E-state index in [-0.39, 0.29) is 5.41 Å². The van der Waals surface area contributed by atoms with Crippen molar-refractivity contribution in [2.24, 2.45) is 5.41 Å². The van der Waals surface area contributed by atoms with Gasteiger partial charge in [-0.05, 0) is 47.2 Å². The minimum Gasteiger partial charge on any atom is -0.301 e. The molecule has 0 amide bonds. The standard InChI is InChI=1S/C13H25N3/c1-12-10-16(9-8-15(12)4)7-5-6-13(2,3)11-14/h12H,5-10H2,1-4H3. The average Bonchev–Trinajstić information content (AvgIpc) is 2.23. The summed E-state index contributed by atoms with van der Waals surface area (Å²) >= 11 is 0. The van der Waals surface area contributed by atoms with E-state index in [0.717, 1.165) is 19.4 Å². The lowest BCUT2D eigenvalue weighted by Gasteiger charge is -2.37. The Bertz CT molecular complexity index is 254. The van der Waals surface area contributed by atoms with Crippen molar-refractivity contribution in [2.75, 3.05) is 33.2 Å². The van der Waals surface area contributed by atoms with Gasteiger partial charge in [0.1, 0.15) is 0 Å². The van der Waals surface area contributed by atoms with Crippen molar-refractivity contribution in [3.05, 3.63) is 0 Å². The van der Waals surface area contributed by atoms with E-state index in [4.69, 9.17) is 5.26 Å². The summed E-state index contributed by atoms with van der Waals surface area (Å²) in [6.07, 6.45) is 2.14. The third-order valence-corrected chi connectivity index (χ3v) is 3.62. The van der Waals surface area contributed by atoms with Crippen molar-refractivity contribution < 1.29 is 0 Å². The molecule has 1 atom stereocenters. The zero-order chi connectivity index (χ0) is 12.2. The van der Waals surface area contributed by atoms with Crippen molar-refractivity contribution in [2.45, 2.75) is 39.7 Å². The van der Waals surface area contributed by atoms with E-state index in [1.807, 2.05) is 13.8 Å². The topological polar surface area (TPSA) is 30.3 Å². The second-order valence-electron chi connectivity index (χ2n) is 5.73. The van der Waals surface area contributed by atoms with Gasteiger partial charge in [0.25, 0.3) is 0 Å². The van der Waals surface area contributed by atoms with Crippen molar-refractivity contribution in [1.82, 2.24) is 9.80 Å². The number of piperazine rings is 1. The van der Waals surface area contributed by atoms with Crippen molar-refractivity contribution >= 4 is 0 Å². The highest BCUT2D eigenvalue weighted by Crippen LogP contribution is 2.21. The number of rotatable bonds is 4. The Balaban J connectivity index is 2.22. The number of hydrogen-bond donors (Lipinski definition) is 0. The molecular formula is C13H25N3. The smallest absolute Gasteiger partial charge is 0.0683 e. The van der Waals surface area contributed by atoms with Gasteiger partial charge in [0.15, 0.2) is 0 Å². The number of likely N-dealkylation sites (N-methyl/N-ethyl adjacent to an activating group) is 1. The van der Waals surface area contributed by atoms with Crippen LogP contribution in [0.5, 0.6) is 0 Å². The maximum Gasteiger partial charge on any atom is 0.0683 e. The van der Waals surface area contributed by atoms with Crippen molar-refractivity contribution in [3.8, 4) is 6.07 Å². The summed E-state index contributed by atoms with van der Waals surface area (Å²) in [5, 5.41) is 8.94. The first-order valence-electron chi connectivity index (χ1n) is 6.28. The fraction of sp³-hybridized carbons (Fsp3) is 0.923. The van der Waals surface area contributed by atoms with E-state index in [9.17, 15) is 0 Å². The van der Waals surface area contributed by atoms with Gasteiger partial charge in [-0.15, -0.1) is 0 Å². The molecule has 16 heavy (non-hydrogen) atoms. The van der Waals surface area contributed by atoms with Crippen LogP contribution in [-0.2, 0) is 0 Å². The summed E-state index contributed by atoms with van der Waals surface area (Å²) < 4.78 is 0. The molecule has 0 aliphatic carbocycles. The van der Waals surface area contributed by atoms with E-state index in [1.54, 1.807) is 0 Å². The Labute approximate surface area is 100 Å². The molecule has 1 unspecified atom stereocenters. The Morgan fingerprint density at radius 1 is 1.38 bits per heavy atom. The minimum absolute atomic E-state index is 0.155. The normalized spacial score (nSPS) is 24.3. The van der Waals surface area contributed by atoms with Crippen LogP contribution in [0.3, 0.4) is 0 Å². The highest BCUT2D eigenvalue weighted by molar-refractivity contribution is 4.91. The SMILES string of the molecule is CC1CN(CCCC(C)(C)C#N)CCN1C. The molecule has 1 aliphatic heterocycles. The second-order valence-corrected chi connectivity index (χ2v) is 5.73. The molecule has 92 valence electrons. The maximum absolute atomic E-state index is 8.94. The molecule has 0 saturated carbocycles. The fourth-order valence-electron chi connectivity index (χ4n) is 2.13. The first-order valence-corrected chi connectivity index (χ1v) is 6.28. The molecule has 0 bridgehead atoms. The average molecular weight is 223 g/mol. The van der Waals surface area contributed by atoms with Gasteiger partial charge >= 0.3 is 0 Å². The maximum atomic E-state index is 8.94. The van der Waals surface area contributed by atoms with Gasteiger partial charge in [-0.3, -0.25) is 0 Å². The molecule has 1 heterocycles. The van der Waals surface area contributed by atoms with Gasteiger partial charge in [0.05, 0.1) is 11.5 Å². The largest absolute Gasteiger partial charge is 0.301 e. The Morgan fingerprint density at radius 3 is 2.62 bits per heavy atom. The third kappa shape index (κ3) is 4.11. The lowest BCUT2D eigenvalue weighted by atomic mass is 9.90. The highest BCUT2D eigenvalue weighted by Gasteiger charge is 2.21. The molecule has 1 aliphatic rings. The molecule has 3 heteroatoms. The number of hydrogen-bond acceptors (Lipinski definition) is 3. The first kappa shape index (κ1) is 13.5. The molecular weight excluding hydrogens is 198 g/mol. The molecule has 1 rings (SSSR count). The lowest BCUT2D eigenvalue weighted by Crippen LogP contribution is -2.50. The lowest BCUT2D eigenvalue weighted by molar-refractivity contribution is 0.102. The molecule has 1 saturated heterocycles. The van der Waals surface area contributed by atoms with Crippen LogP contribution in [-0.4, -0.2) is 49.1 Å². The minimum atomic E-state index is -0.155. The second kappa shape index (κ2) is 5.65. The van der Waals surface area contributed by atoms with Gasteiger partial charge in [0.2, 0.25) is 0 Å². The van der Waals surface area contributed by atoms with Crippen LogP contribution in [0.1, 0.15) is 33.6 Å². The Kier molecular flexibility index (Phi) is 4.76. The van der Waals surface area contributed by atoms with Gasteiger partial charge in [-0.2, -0.15) is 5.26 Å². The van der Waals surface area contributed by atoms with Crippen molar-refractivity contribution in [3.63, 3.8) is 0 Å². The molecule has 3 nitrogen and oxygen atoms in total. The molecule has 0 aromatic heterocycles. The summed E-state index contributed by atoms with van der Waals surface area (Å²) in [7, 11) is 2.20. The fourth-order valence-corrected chi connectivity index (χ4v) is 2.13. The quantitative estimate of drug-likeness (QED) is 0.730. The summed E-state index contributed by atoms with van der Waals surface area (Å²) in [5.41, 5.74) is -0.155. The predicted molar refractivity (Wildman–Crippen MR) is 67.2 cm³/mol. The first-order chi connectivity index (χ1) is 7.44. The summed E-state index contributed by atoms with van der Waals surface area (Å²) in [6.45, 7) is 11.0. The molecule has 0 aromatic carbocycles. The molecule has 0 N–H and O–H groups in total. The van der Waals surface area contributed by atoms with Crippen LogP contribution in [0.4, 0.5) is 0 Å². The molecule has 0 aromatic rings. The van der Waals surface area contributed by atoms with Crippen LogP contribution in [0.15, 0.2) is 0 Å². The van der Waals surface area contributed by atoms with Gasteiger partial charge < -0.3 is 9.80 Å². The summed E-state index contributed by atoms with van der Waals surface area (Å²) in [5.74, 6) is 0. The van der Waals surface area contributed by atoms with Crippen LogP contribution in [0, 0.1) is 16.7 Å². The van der Waals surface area contributed by atoms with E-state index in [0.29, 0.717) is 6.04 Å². The zero-order valence-corrected chi connectivity index (χ0v) is 11.2. The van der Waals surface area contributed by atoms with Crippen LogP contribution in [0.2, 0.25) is 0 Å². The number of nitriles is 1. The highest BCUT2D eigenvalue weighted by atomic mass is 15.3. The molecule has 1 fully saturated rings. The summed E-state index contributed by atoms with van der Waals surface area (Å²) in [6, 6.07) is 3.03. The number of nitrogens with zero attached hydrogens (tertiary/aromatic N) is 3. The van der Waals surface area contributed by atoms with Crippen LogP contribution in [0.25, 0.3) is 0 Å².